The van der Waals surface area contributed by atoms with Crippen LogP contribution in [0.4, 0.5) is 0 Å². The lowest BCUT2D eigenvalue weighted by atomic mass is 9.49. The molecule has 3 unspecified atom stereocenters. The summed E-state index contributed by atoms with van der Waals surface area (Å²) in [5, 5.41) is 7.78. The standard InChI is InChI=1S/C23H36N4O/c1-15(2)17-7-8-19-18(11-17)20(27-26-14-24)12-21-22(4,13-25-16(3)28)9-6-10-23(19,21)5/h7-8,11,15,21,26H,6,9-10,12-14,24H2,1-5H3,(H,25,28)/b27-20+. The first-order chi connectivity index (χ1) is 13.2. The Kier molecular flexibility index (Phi) is 5.85. The molecule has 3 rings (SSSR count). The third kappa shape index (κ3) is 3.69. The van der Waals surface area contributed by atoms with Gasteiger partial charge >= 0.3 is 0 Å². The fourth-order valence-corrected chi connectivity index (χ4v) is 5.52. The second-order valence-corrected chi connectivity index (χ2v) is 9.47. The molecule has 1 aromatic rings. The van der Waals surface area contributed by atoms with Gasteiger partial charge in [0.15, 0.2) is 0 Å². The van der Waals surface area contributed by atoms with Crippen molar-refractivity contribution in [3.8, 4) is 0 Å². The molecule has 5 heteroatoms. The first-order valence-corrected chi connectivity index (χ1v) is 10.6. The SMILES string of the molecule is CC(=O)NCC1(C)CCCC2(C)c3ccc(C(C)C)cc3/C(=N/NCN)CC12. The van der Waals surface area contributed by atoms with E-state index >= 15 is 0 Å². The van der Waals surface area contributed by atoms with E-state index < -0.39 is 0 Å². The Morgan fingerprint density at radius 3 is 2.71 bits per heavy atom. The van der Waals surface area contributed by atoms with Gasteiger partial charge in [-0.25, -0.2) is 0 Å². The Morgan fingerprint density at radius 2 is 2.07 bits per heavy atom. The molecule has 1 amide bonds. The molecule has 1 saturated carbocycles. The number of fused-ring (bicyclic) bond motifs is 3. The van der Waals surface area contributed by atoms with E-state index in [2.05, 4.69) is 61.7 Å². The van der Waals surface area contributed by atoms with Gasteiger partial charge < -0.3 is 11.1 Å². The molecule has 5 nitrogen and oxygen atoms in total. The first-order valence-electron chi connectivity index (χ1n) is 10.6. The van der Waals surface area contributed by atoms with Crippen molar-refractivity contribution in [2.24, 2.45) is 22.2 Å². The summed E-state index contributed by atoms with van der Waals surface area (Å²) in [6, 6.07) is 6.95. The summed E-state index contributed by atoms with van der Waals surface area (Å²) >= 11 is 0. The smallest absolute Gasteiger partial charge is 0.216 e. The van der Waals surface area contributed by atoms with Crippen LogP contribution in [0.2, 0.25) is 0 Å². The van der Waals surface area contributed by atoms with Gasteiger partial charge in [-0.05, 0) is 59.1 Å². The van der Waals surface area contributed by atoms with E-state index in [9.17, 15) is 4.79 Å². The van der Waals surface area contributed by atoms with Crippen LogP contribution in [0.5, 0.6) is 0 Å². The maximum atomic E-state index is 11.6. The molecule has 28 heavy (non-hydrogen) atoms. The monoisotopic (exact) mass is 384 g/mol. The number of rotatable bonds is 5. The molecule has 0 bridgehead atoms. The minimum Gasteiger partial charge on any atom is -0.356 e. The van der Waals surface area contributed by atoms with Crippen molar-refractivity contribution < 1.29 is 4.79 Å². The number of carbonyl (C=O) groups is 1. The second-order valence-electron chi connectivity index (χ2n) is 9.47. The minimum atomic E-state index is 0.0463. The van der Waals surface area contributed by atoms with E-state index in [0.717, 1.165) is 25.1 Å². The zero-order chi connectivity index (χ0) is 20.5. The fourth-order valence-electron chi connectivity index (χ4n) is 5.52. The Hall–Kier alpha value is -1.88. The number of hydrogen-bond acceptors (Lipinski definition) is 4. The number of nitrogens with two attached hydrogens (primary N) is 1. The average Bonchev–Trinajstić information content (AvgIpc) is 2.65. The molecule has 0 saturated heterocycles. The quantitative estimate of drug-likeness (QED) is 0.536. The Bertz CT molecular complexity index is 772. The van der Waals surface area contributed by atoms with Crippen molar-refractivity contribution in [2.75, 3.05) is 13.2 Å². The molecule has 3 atom stereocenters. The maximum absolute atomic E-state index is 11.6. The van der Waals surface area contributed by atoms with Gasteiger partial charge in [0.2, 0.25) is 5.91 Å². The van der Waals surface area contributed by atoms with Crippen LogP contribution in [0.15, 0.2) is 23.3 Å². The van der Waals surface area contributed by atoms with Gasteiger partial charge in [0, 0.05) is 19.0 Å². The summed E-state index contributed by atoms with van der Waals surface area (Å²) in [4.78, 5) is 11.6. The van der Waals surface area contributed by atoms with Crippen LogP contribution in [-0.4, -0.2) is 24.8 Å². The number of amides is 1. The summed E-state index contributed by atoms with van der Waals surface area (Å²) in [6.07, 6.45) is 4.40. The molecule has 0 spiro atoms. The van der Waals surface area contributed by atoms with Crippen molar-refractivity contribution in [2.45, 2.75) is 71.6 Å². The minimum absolute atomic E-state index is 0.0463. The Balaban J connectivity index is 2.10. The highest BCUT2D eigenvalue weighted by Crippen LogP contribution is 2.57. The van der Waals surface area contributed by atoms with Crippen molar-refractivity contribution in [1.82, 2.24) is 10.7 Å². The molecule has 0 aromatic heterocycles. The van der Waals surface area contributed by atoms with Crippen LogP contribution in [0, 0.1) is 11.3 Å². The third-order valence-corrected chi connectivity index (χ3v) is 7.13. The van der Waals surface area contributed by atoms with Crippen LogP contribution < -0.4 is 16.5 Å². The topological polar surface area (TPSA) is 79.5 Å². The lowest BCUT2D eigenvalue weighted by Crippen LogP contribution is -2.54. The summed E-state index contributed by atoms with van der Waals surface area (Å²) in [5.74, 6) is 0.956. The van der Waals surface area contributed by atoms with E-state index in [1.165, 1.54) is 29.5 Å². The first kappa shape index (κ1) is 20.8. The van der Waals surface area contributed by atoms with Crippen LogP contribution in [0.3, 0.4) is 0 Å². The number of nitrogens with zero attached hydrogens (tertiary/aromatic N) is 1. The Labute approximate surface area is 169 Å². The van der Waals surface area contributed by atoms with Gasteiger partial charge in [-0.15, -0.1) is 0 Å². The van der Waals surface area contributed by atoms with E-state index in [-0.39, 0.29) is 16.7 Å². The van der Waals surface area contributed by atoms with Crippen molar-refractivity contribution in [3.05, 3.63) is 34.9 Å². The maximum Gasteiger partial charge on any atom is 0.216 e. The normalized spacial score (nSPS) is 30.7. The zero-order valence-electron chi connectivity index (χ0n) is 18.1. The number of hydrazone groups is 1. The predicted octanol–water partition coefficient (Wildman–Crippen LogP) is 3.62. The van der Waals surface area contributed by atoms with Gasteiger partial charge in [-0.3, -0.25) is 10.2 Å². The highest BCUT2D eigenvalue weighted by atomic mass is 16.1. The summed E-state index contributed by atoms with van der Waals surface area (Å²) in [7, 11) is 0. The molecular formula is C23H36N4O. The van der Waals surface area contributed by atoms with Gasteiger partial charge in [0.1, 0.15) is 0 Å². The largest absolute Gasteiger partial charge is 0.356 e. The van der Waals surface area contributed by atoms with Crippen molar-refractivity contribution in [3.63, 3.8) is 0 Å². The average molecular weight is 385 g/mol. The third-order valence-electron chi connectivity index (χ3n) is 7.13. The lowest BCUT2D eigenvalue weighted by Gasteiger charge is -2.55. The highest BCUT2D eigenvalue weighted by molar-refractivity contribution is 6.03. The number of hydrogen-bond donors (Lipinski definition) is 3. The molecule has 154 valence electrons. The summed E-state index contributed by atoms with van der Waals surface area (Å²) in [6.45, 7) is 11.9. The van der Waals surface area contributed by atoms with E-state index in [1.54, 1.807) is 6.92 Å². The molecular weight excluding hydrogens is 348 g/mol. The number of nitrogens with one attached hydrogen (secondary N) is 2. The molecule has 0 radical (unpaired) electrons. The summed E-state index contributed by atoms with van der Waals surface area (Å²) < 4.78 is 0. The van der Waals surface area contributed by atoms with Crippen molar-refractivity contribution >= 4 is 11.6 Å². The molecule has 2 aliphatic carbocycles. The van der Waals surface area contributed by atoms with Gasteiger partial charge in [0.25, 0.3) is 0 Å². The summed E-state index contributed by atoms with van der Waals surface area (Å²) in [5.41, 5.74) is 13.9. The molecule has 2 aliphatic rings. The van der Waals surface area contributed by atoms with Crippen molar-refractivity contribution in [1.29, 1.82) is 0 Å². The van der Waals surface area contributed by atoms with Gasteiger partial charge in [0.05, 0.1) is 12.4 Å². The van der Waals surface area contributed by atoms with E-state index in [1.807, 2.05) is 0 Å². The van der Waals surface area contributed by atoms with Crippen LogP contribution >= 0.6 is 0 Å². The molecule has 4 N–H and O–H groups in total. The molecule has 1 fully saturated rings. The van der Waals surface area contributed by atoms with Crippen LogP contribution in [-0.2, 0) is 10.2 Å². The van der Waals surface area contributed by atoms with E-state index in [4.69, 9.17) is 5.73 Å². The molecule has 1 aromatic carbocycles. The van der Waals surface area contributed by atoms with Crippen LogP contribution in [0.1, 0.15) is 82.9 Å². The predicted molar refractivity (Wildman–Crippen MR) is 115 cm³/mol. The van der Waals surface area contributed by atoms with E-state index in [0.29, 0.717) is 18.5 Å². The Morgan fingerprint density at radius 1 is 1.32 bits per heavy atom. The number of benzene rings is 1. The van der Waals surface area contributed by atoms with Gasteiger partial charge in [-0.2, -0.15) is 5.10 Å². The lowest BCUT2D eigenvalue weighted by molar-refractivity contribution is -0.120. The van der Waals surface area contributed by atoms with Gasteiger partial charge in [-0.1, -0.05) is 46.2 Å². The second kappa shape index (κ2) is 7.86. The zero-order valence-corrected chi connectivity index (χ0v) is 18.1. The number of carbonyl (C=O) groups excluding carboxylic acids is 1. The van der Waals surface area contributed by atoms with Crippen LogP contribution in [0.25, 0.3) is 0 Å². The highest BCUT2D eigenvalue weighted by Gasteiger charge is 2.53. The molecule has 0 heterocycles. The molecule has 0 aliphatic heterocycles. The fraction of sp³-hybridized carbons (Fsp3) is 0.652.